The van der Waals surface area contributed by atoms with Gasteiger partial charge in [0, 0.05) is 10.8 Å². The molecule has 1 rings (SSSR count). The van der Waals surface area contributed by atoms with E-state index in [4.69, 9.17) is 27.5 Å². The molecule has 82 valence electrons. The number of rotatable bonds is 5. The lowest BCUT2D eigenvalue weighted by Crippen LogP contribution is -2.06. The van der Waals surface area contributed by atoms with E-state index < -0.39 is 0 Å². The highest BCUT2D eigenvalue weighted by Crippen LogP contribution is 2.15. The van der Waals surface area contributed by atoms with Crippen LogP contribution in [0.2, 0.25) is 5.02 Å². The van der Waals surface area contributed by atoms with E-state index in [0.717, 1.165) is 17.9 Å². The topological polar surface area (TPSA) is 59.1 Å². The van der Waals surface area contributed by atoms with Crippen LogP contribution in [-0.4, -0.2) is 17.5 Å². The molecule has 0 bridgehead atoms. The van der Waals surface area contributed by atoms with Crippen molar-refractivity contribution >= 4 is 28.5 Å². The Balaban J connectivity index is 2.15. The third kappa shape index (κ3) is 5.54. The molecule has 1 aromatic carbocycles. The number of benzene rings is 1. The number of hydrogen-bond donors (Lipinski definition) is 2. The van der Waals surface area contributed by atoms with E-state index in [2.05, 4.69) is 0 Å². The third-order valence-electron chi connectivity index (χ3n) is 1.63. The van der Waals surface area contributed by atoms with Gasteiger partial charge in [-0.05, 0) is 30.7 Å². The highest BCUT2D eigenvalue weighted by atomic mass is 35.5. The van der Waals surface area contributed by atoms with Crippen LogP contribution in [0.3, 0.4) is 0 Å². The van der Waals surface area contributed by atoms with Gasteiger partial charge in [-0.2, -0.15) is 0 Å². The maximum Gasteiger partial charge on any atom is 0.151 e. The minimum absolute atomic E-state index is 0.154. The zero-order valence-electron chi connectivity index (χ0n) is 8.20. The molecule has 1 aromatic rings. The highest BCUT2D eigenvalue weighted by Gasteiger charge is 1.95. The van der Waals surface area contributed by atoms with Gasteiger partial charge in [-0.25, -0.2) is 0 Å². The van der Waals surface area contributed by atoms with Crippen LogP contribution in [0.25, 0.3) is 0 Å². The summed E-state index contributed by atoms with van der Waals surface area (Å²) in [7, 11) is 0. The van der Waals surface area contributed by atoms with E-state index >= 15 is 0 Å². The van der Waals surface area contributed by atoms with Crippen LogP contribution in [0.1, 0.15) is 6.42 Å². The average molecular weight is 245 g/mol. The molecule has 0 unspecified atom stereocenters. The normalized spacial score (nSPS) is 9.93. The van der Waals surface area contributed by atoms with Gasteiger partial charge < -0.3 is 10.5 Å². The van der Waals surface area contributed by atoms with Crippen LogP contribution < -0.4 is 10.5 Å². The number of nitrogens with two attached hydrogens (primary N) is 1. The predicted molar refractivity (Wildman–Crippen MR) is 65.9 cm³/mol. The SMILES string of the molecule is N=C(N)SCCCOc1ccc(Cl)cc1. The van der Waals surface area contributed by atoms with Crippen LogP contribution >= 0.6 is 23.4 Å². The molecule has 0 saturated carbocycles. The van der Waals surface area contributed by atoms with E-state index in [9.17, 15) is 0 Å². The summed E-state index contributed by atoms with van der Waals surface area (Å²) >= 11 is 7.06. The Labute approximate surface area is 98.5 Å². The van der Waals surface area contributed by atoms with Crippen LogP contribution in [0.5, 0.6) is 5.75 Å². The van der Waals surface area contributed by atoms with Gasteiger partial charge in [0.25, 0.3) is 0 Å². The summed E-state index contributed by atoms with van der Waals surface area (Å²) < 4.78 is 5.46. The molecule has 0 heterocycles. The van der Waals surface area contributed by atoms with E-state index in [-0.39, 0.29) is 5.17 Å². The largest absolute Gasteiger partial charge is 0.494 e. The van der Waals surface area contributed by atoms with Gasteiger partial charge in [-0.1, -0.05) is 23.4 Å². The van der Waals surface area contributed by atoms with Gasteiger partial charge >= 0.3 is 0 Å². The Morgan fingerprint density at radius 2 is 2.07 bits per heavy atom. The second kappa shape index (κ2) is 6.58. The molecular formula is C10H13ClN2OS. The van der Waals surface area contributed by atoms with Gasteiger partial charge in [-0.3, -0.25) is 5.41 Å². The van der Waals surface area contributed by atoms with Crippen molar-refractivity contribution in [3.8, 4) is 5.75 Å². The maximum atomic E-state index is 7.00. The van der Waals surface area contributed by atoms with Crippen molar-refractivity contribution in [3.05, 3.63) is 29.3 Å². The van der Waals surface area contributed by atoms with Crippen LogP contribution in [0, 0.1) is 5.41 Å². The van der Waals surface area contributed by atoms with Gasteiger partial charge in [0.1, 0.15) is 5.75 Å². The van der Waals surface area contributed by atoms with Gasteiger partial charge in [0.15, 0.2) is 5.17 Å². The molecule has 0 aliphatic carbocycles. The first kappa shape index (κ1) is 12.2. The van der Waals surface area contributed by atoms with Crippen molar-refractivity contribution < 1.29 is 4.74 Å². The predicted octanol–water partition coefficient (Wildman–Crippen LogP) is 2.74. The van der Waals surface area contributed by atoms with Crippen molar-refractivity contribution in [2.45, 2.75) is 6.42 Å². The fourth-order valence-corrected chi connectivity index (χ4v) is 1.57. The lowest BCUT2D eigenvalue weighted by molar-refractivity contribution is 0.319. The van der Waals surface area contributed by atoms with Crippen molar-refractivity contribution in [2.24, 2.45) is 5.73 Å². The first-order chi connectivity index (χ1) is 7.18. The summed E-state index contributed by atoms with van der Waals surface area (Å²) in [5.41, 5.74) is 5.19. The van der Waals surface area contributed by atoms with Crippen LogP contribution in [0.4, 0.5) is 0 Å². The minimum atomic E-state index is 0.154. The fraction of sp³-hybridized carbons (Fsp3) is 0.300. The molecule has 0 aromatic heterocycles. The molecule has 0 aliphatic heterocycles. The zero-order valence-corrected chi connectivity index (χ0v) is 9.77. The molecule has 0 amide bonds. The van der Waals surface area contributed by atoms with E-state index in [1.807, 2.05) is 12.1 Å². The van der Waals surface area contributed by atoms with E-state index in [0.29, 0.717) is 11.6 Å². The molecule has 15 heavy (non-hydrogen) atoms. The van der Waals surface area contributed by atoms with E-state index in [1.54, 1.807) is 12.1 Å². The van der Waals surface area contributed by atoms with Crippen molar-refractivity contribution in [1.82, 2.24) is 0 Å². The number of halogens is 1. The van der Waals surface area contributed by atoms with Crippen molar-refractivity contribution in [3.63, 3.8) is 0 Å². The third-order valence-corrected chi connectivity index (χ3v) is 2.68. The smallest absolute Gasteiger partial charge is 0.151 e. The molecule has 0 spiro atoms. The summed E-state index contributed by atoms with van der Waals surface area (Å²) in [6.07, 6.45) is 0.868. The number of thioether (sulfide) groups is 1. The Kier molecular flexibility index (Phi) is 5.36. The molecule has 0 fully saturated rings. The quantitative estimate of drug-likeness (QED) is 0.476. The lowest BCUT2D eigenvalue weighted by atomic mass is 10.3. The number of nitrogens with one attached hydrogen (secondary N) is 1. The highest BCUT2D eigenvalue weighted by molar-refractivity contribution is 8.13. The summed E-state index contributed by atoms with van der Waals surface area (Å²) in [6, 6.07) is 7.25. The molecular weight excluding hydrogens is 232 g/mol. The second-order valence-electron chi connectivity index (χ2n) is 2.87. The Morgan fingerprint density at radius 3 is 2.67 bits per heavy atom. The van der Waals surface area contributed by atoms with Gasteiger partial charge in [-0.15, -0.1) is 0 Å². The van der Waals surface area contributed by atoms with Gasteiger partial charge in [0.2, 0.25) is 0 Å². The average Bonchev–Trinajstić information content (AvgIpc) is 2.20. The Bertz CT molecular complexity index is 316. The summed E-state index contributed by atoms with van der Waals surface area (Å²) in [4.78, 5) is 0. The lowest BCUT2D eigenvalue weighted by Gasteiger charge is -2.05. The minimum Gasteiger partial charge on any atom is -0.494 e. The van der Waals surface area contributed by atoms with Crippen LogP contribution in [-0.2, 0) is 0 Å². The van der Waals surface area contributed by atoms with E-state index in [1.165, 1.54) is 11.8 Å². The first-order valence-corrected chi connectivity index (χ1v) is 5.90. The number of hydrogen-bond acceptors (Lipinski definition) is 3. The molecule has 0 radical (unpaired) electrons. The molecule has 0 aliphatic rings. The van der Waals surface area contributed by atoms with Crippen molar-refractivity contribution in [2.75, 3.05) is 12.4 Å². The summed E-state index contributed by atoms with van der Waals surface area (Å²) in [5, 5.41) is 7.86. The maximum absolute atomic E-state index is 7.00. The summed E-state index contributed by atoms with van der Waals surface area (Å²) in [6.45, 7) is 0.627. The molecule has 0 atom stereocenters. The van der Waals surface area contributed by atoms with Crippen molar-refractivity contribution in [1.29, 1.82) is 5.41 Å². The Hall–Kier alpha value is -0.870. The standard InChI is InChI=1S/C10H13ClN2OS/c11-8-2-4-9(5-3-8)14-6-1-7-15-10(12)13/h2-5H,1,6-7H2,(H3,12,13). The fourth-order valence-electron chi connectivity index (χ4n) is 0.962. The summed E-state index contributed by atoms with van der Waals surface area (Å²) in [5.74, 6) is 1.62. The number of amidine groups is 1. The molecule has 0 saturated heterocycles. The molecule has 3 nitrogen and oxygen atoms in total. The monoisotopic (exact) mass is 244 g/mol. The van der Waals surface area contributed by atoms with Gasteiger partial charge in [0.05, 0.1) is 6.61 Å². The zero-order chi connectivity index (χ0) is 11.1. The Morgan fingerprint density at radius 1 is 1.40 bits per heavy atom. The first-order valence-electron chi connectivity index (χ1n) is 4.53. The molecule has 3 N–H and O–H groups in total. The second-order valence-corrected chi connectivity index (χ2v) is 4.44. The number of ether oxygens (including phenoxy) is 1. The van der Waals surface area contributed by atoms with Crippen LogP contribution in [0.15, 0.2) is 24.3 Å². The molecule has 5 heteroatoms.